The highest BCUT2D eigenvalue weighted by molar-refractivity contribution is 6.30. The number of anilines is 2. The zero-order chi connectivity index (χ0) is 21.7. The lowest BCUT2D eigenvalue weighted by Crippen LogP contribution is -2.50. The molecule has 0 aromatic heterocycles. The third kappa shape index (κ3) is 5.74. The first-order valence-corrected chi connectivity index (χ1v) is 10.5. The fourth-order valence-electron chi connectivity index (χ4n) is 3.64. The monoisotopic (exact) mass is 428 g/mol. The van der Waals surface area contributed by atoms with Gasteiger partial charge in [0.15, 0.2) is 0 Å². The summed E-state index contributed by atoms with van der Waals surface area (Å²) in [6, 6.07) is 13.7. The van der Waals surface area contributed by atoms with E-state index in [0.29, 0.717) is 6.54 Å². The highest BCUT2D eigenvalue weighted by Crippen LogP contribution is 2.21. The van der Waals surface area contributed by atoms with E-state index in [2.05, 4.69) is 21.2 Å². The minimum Gasteiger partial charge on any atom is -0.369 e. The van der Waals surface area contributed by atoms with E-state index in [1.165, 1.54) is 4.90 Å². The summed E-state index contributed by atoms with van der Waals surface area (Å²) >= 11 is 6.09. The number of piperazine rings is 1. The number of carbonyl (C=O) groups excluding carboxylic acids is 2. The molecule has 0 saturated carbocycles. The molecule has 0 bridgehead atoms. The molecular formula is C23H29ClN4O2. The third-order valence-corrected chi connectivity index (χ3v) is 5.69. The Morgan fingerprint density at radius 1 is 1.03 bits per heavy atom. The minimum absolute atomic E-state index is 0.0368. The molecule has 1 aliphatic heterocycles. The van der Waals surface area contributed by atoms with Crippen LogP contribution in [0.4, 0.5) is 11.4 Å². The van der Waals surface area contributed by atoms with Crippen LogP contribution in [-0.4, -0.2) is 67.9 Å². The first kappa shape index (κ1) is 22.1. The topological polar surface area (TPSA) is 55.9 Å². The maximum atomic E-state index is 12.6. The molecule has 0 unspecified atom stereocenters. The molecule has 3 rings (SSSR count). The van der Waals surface area contributed by atoms with Crippen molar-refractivity contribution < 1.29 is 9.59 Å². The Kier molecular flexibility index (Phi) is 7.34. The van der Waals surface area contributed by atoms with Crippen LogP contribution in [0.2, 0.25) is 5.02 Å². The molecule has 1 N–H and O–H groups in total. The molecule has 1 saturated heterocycles. The minimum atomic E-state index is -0.186. The number of para-hydroxylation sites is 1. The van der Waals surface area contributed by atoms with Crippen LogP contribution >= 0.6 is 11.6 Å². The van der Waals surface area contributed by atoms with Gasteiger partial charge in [0.2, 0.25) is 11.8 Å². The number of benzene rings is 2. The van der Waals surface area contributed by atoms with Crippen molar-refractivity contribution in [3.8, 4) is 0 Å². The third-order valence-electron chi connectivity index (χ3n) is 5.46. The summed E-state index contributed by atoms with van der Waals surface area (Å²) in [4.78, 5) is 30.9. The van der Waals surface area contributed by atoms with E-state index < -0.39 is 0 Å². The van der Waals surface area contributed by atoms with E-state index >= 15 is 0 Å². The Hall–Kier alpha value is -2.57. The number of nitrogens with zero attached hydrogens (tertiary/aromatic N) is 3. The SMILES string of the molecule is Cc1cccc(C)c1NC(=O)CN(C)C(=O)CN1CCN(c2cccc(Cl)c2)CC1. The number of amides is 2. The van der Waals surface area contributed by atoms with E-state index in [1.54, 1.807) is 7.05 Å². The molecular weight excluding hydrogens is 400 g/mol. The van der Waals surface area contributed by atoms with Gasteiger partial charge in [-0.05, 0) is 43.2 Å². The largest absolute Gasteiger partial charge is 0.369 e. The van der Waals surface area contributed by atoms with Crippen LogP contribution in [0.1, 0.15) is 11.1 Å². The molecule has 0 spiro atoms. The molecule has 2 amide bonds. The number of rotatable bonds is 6. The second kappa shape index (κ2) is 9.96. The van der Waals surface area contributed by atoms with Crippen molar-refractivity contribution in [1.82, 2.24) is 9.80 Å². The Balaban J connectivity index is 1.46. The van der Waals surface area contributed by atoms with Crippen LogP contribution in [0.3, 0.4) is 0 Å². The molecule has 1 heterocycles. The quantitative estimate of drug-likeness (QED) is 0.767. The highest BCUT2D eigenvalue weighted by atomic mass is 35.5. The molecule has 2 aromatic carbocycles. The second-order valence-electron chi connectivity index (χ2n) is 7.81. The highest BCUT2D eigenvalue weighted by Gasteiger charge is 2.22. The maximum Gasteiger partial charge on any atom is 0.243 e. The Bertz CT molecular complexity index is 890. The number of halogens is 1. The van der Waals surface area contributed by atoms with Crippen molar-refractivity contribution in [2.24, 2.45) is 0 Å². The maximum absolute atomic E-state index is 12.6. The predicted octanol–water partition coefficient (Wildman–Crippen LogP) is 3.18. The molecule has 30 heavy (non-hydrogen) atoms. The fourth-order valence-corrected chi connectivity index (χ4v) is 3.83. The Morgan fingerprint density at radius 2 is 1.67 bits per heavy atom. The molecule has 0 aliphatic carbocycles. The molecule has 0 atom stereocenters. The number of aryl methyl sites for hydroxylation is 2. The van der Waals surface area contributed by atoms with Gasteiger partial charge in [0, 0.05) is 49.6 Å². The van der Waals surface area contributed by atoms with Crippen molar-refractivity contribution >= 4 is 34.8 Å². The summed E-state index contributed by atoms with van der Waals surface area (Å²) < 4.78 is 0. The van der Waals surface area contributed by atoms with Gasteiger partial charge in [0.25, 0.3) is 0 Å². The number of nitrogens with one attached hydrogen (secondary N) is 1. The Labute approximate surface area is 183 Å². The number of carbonyl (C=O) groups is 2. The molecule has 160 valence electrons. The molecule has 6 nitrogen and oxygen atoms in total. The average molecular weight is 429 g/mol. The summed E-state index contributed by atoms with van der Waals surface area (Å²) in [6.07, 6.45) is 0. The van der Waals surface area contributed by atoms with Gasteiger partial charge < -0.3 is 15.1 Å². The zero-order valence-corrected chi connectivity index (χ0v) is 18.6. The average Bonchev–Trinajstić information content (AvgIpc) is 2.71. The van der Waals surface area contributed by atoms with Gasteiger partial charge in [0.1, 0.15) is 0 Å². The Morgan fingerprint density at radius 3 is 2.30 bits per heavy atom. The normalized spacial score (nSPS) is 14.5. The lowest BCUT2D eigenvalue weighted by Gasteiger charge is -2.36. The van der Waals surface area contributed by atoms with Gasteiger partial charge in [-0.2, -0.15) is 0 Å². The standard InChI is InChI=1S/C23H29ClN4O2/c1-17-6-4-7-18(2)23(17)25-21(29)15-26(3)22(30)16-27-10-12-28(13-11-27)20-9-5-8-19(24)14-20/h4-9,14H,10-13,15-16H2,1-3H3,(H,25,29). The summed E-state index contributed by atoms with van der Waals surface area (Å²) in [5.74, 6) is -0.239. The van der Waals surface area contributed by atoms with Gasteiger partial charge in [-0.3, -0.25) is 14.5 Å². The lowest BCUT2D eigenvalue weighted by atomic mass is 10.1. The van der Waals surface area contributed by atoms with Gasteiger partial charge in [-0.1, -0.05) is 35.9 Å². The lowest BCUT2D eigenvalue weighted by molar-refractivity contribution is -0.134. The van der Waals surface area contributed by atoms with Crippen LogP contribution in [0.15, 0.2) is 42.5 Å². The van der Waals surface area contributed by atoms with Crippen molar-refractivity contribution in [1.29, 1.82) is 0 Å². The van der Waals surface area contributed by atoms with Crippen molar-refractivity contribution in [3.05, 3.63) is 58.6 Å². The summed E-state index contributed by atoms with van der Waals surface area (Å²) in [7, 11) is 1.68. The molecule has 1 aliphatic rings. The summed E-state index contributed by atoms with van der Waals surface area (Å²) in [6.45, 7) is 7.53. The van der Waals surface area contributed by atoms with Gasteiger partial charge in [-0.15, -0.1) is 0 Å². The zero-order valence-electron chi connectivity index (χ0n) is 17.8. The van der Waals surface area contributed by atoms with E-state index in [-0.39, 0.29) is 18.4 Å². The van der Waals surface area contributed by atoms with E-state index in [4.69, 9.17) is 11.6 Å². The van der Waals surface area contributed by atoms with E-state index in [0.717, 1.165) is 53.7 Å². The van der Waals surface area contributed by atoms with E-state index in [9.17, 15) is 9.59 Å². The van der Waals surface area contributed by atoms with Crippen LogP contribution in [0, 0.1) is 13.8 Å². The van der Waals surface area contributed by atoms with Crippen molar-refractivity contribution in [3.63, 3.8) is 0 Å². The van der Waals surface area contributed by atoms with E-state index in [1.807, 2.05) is 50.2 Å². The van der Waals surface area contributed by atoms with Crippen LogP contribution < -0.4 is 10.2 Å². The first-order chi connectivity index (χ1) is 14.3. The second-order valence-corrected chi connectivity index (χ2v) is 8.24. The fraction of sp³-hybridized carbons (Fsp3) is 0.391. The predicted molar refractivity (Wildman–Crippen MR) is 122 cm³/mol. The first-order valence-electron chi connectivity index (χ1n) is 10.2. The van der Waals surface area contributed by atoms with Crippen LogP contribution in [-0.2, 0) is 9.59 Å². The van der Waals surface area contributed by atoms with Crippen molar-refractivity contribution in [2.45, 2.75) is 13.8 Å². The van der Waals surface area contributed by atoms with Crippen LogP contribution in [0.25, 0.3) is 0 Å². The van der Waals surface area contributed by atoms with Crippen molar-refractivity contribution in [2.75, 3.05) is 56.5 Å². The van der Waals surface area contributed by atoms with Crippen LogP contribution in [0.5, 0.6) is 0 Å². The molecule has 0 radical (unpaired) electrons. The summed E-state index contributed by atoms with van der Waals surface area (Å²) in [5, 5.41) is 3.66. The molecule has 7 heteroatoms. The number of hydrogen-bond donors (Lipinski definition) is 1. The number of hydrogen-bond acceptors (Lipinski definition) is 4. The molecule has 2 aromatic rings. The van der Waals surface area contributed by atoms with Gasteiger partial charge in [0.05, 0.1) is 13.1 Å². The van der Waals surface area contributed by atoms with Gasteiger partial charge >= 0.3 is 0 Å². The molecule has 1 fully saturated rings. The smallest absolute Gasteiger partial charge is 0.243 e. The summed E-state index contributed by atoms with van der Waals surface area (Å²) in [5.41, 5.74) is 3.94. The number of likely N-dealkylation sites (N-methyl/N-ethyl adjacent to an activating group) is 1. The van der Waals surface area contributed by atoms with Gasteiger partial charge in [-0.25, -0.2) is 0 Å².